The third-order valence-corrected chi connectivity index (χ3v) is 5.80. The van der Waals surface area contributed by atoms with Crippen LogP contribution in [0.4, 0.5) is 5.82 Å². The number of morpholine rings is 1. The summed E-state index contributed by atoms with van der Waals surface area (Å²) in [6.45, 7) is 3.89. The zero-order valence-corrected chi connectivity index (χ0v) is 15.1. The molecule has 1 aliphatic carbocycles. The molecule has 2 aliphatic rings. The predicted molar refractivity (Wildman–Crippen MR) is 96.1 cm³/mol. The lowest BCUT2D eigenvalue weighted by molar-refractivity contribution is 0.00518. The van der Waals surface area contributed by atoms with Crippen molar-refractivity contribution >= 4 is 39.4 Å². The maximum absolute atomic E-state index is 5.99. The van der Waals surface area contributed by atoms with Gasteiger partial charge in [0, 0.05) is 19.1 Å². The molecule has 0 radical (unpaired) electrons. The normalized spacial score (nSPS) is 26.7. The largest absolute Gasteiger partial charge is 0.383 e. The summed E-state index contributed by atoms with van der Waals surface area (Å²) in [5, 5.41) is 5.59. The monoisotopic (exact) mass is 428 g/mol. The number of rotatable bonds is 2. The zero-order chi connectivity index (χ0) is 15.8. The molecule has 0 amide bonds. The van der Waals surface area contributed by atoms with Gasteiger partial charge in [-0.3, -0.25) is 4.90 Å². The summed E-state index contributed by atoms with van der Waals surface area (Å²) >= 11 is 2.23. The van der Waals surface area contributed by atoms with E-state index in [4.69, 9.17) is 15.6 Å². The van der Waals surface area contributed by atoms with Crippen LogP contribution in [-0.4, -0.2) is 57.0 Å². The van der Waals surface area contributed by atoms with Crippen LogP contribution in [0.5, 0.6) is 0 Å². The van der Waals surface area contributed by atoms with E-state index in [9.17, 15) is 0 Å². The molecule has 0 atom stereocenters. The third kappa shape index (κ3) is 2.91. The van der Waals surface area contributed by atoms with Gasteiger partial charge in [-0.1, -0.05) is 0 Å². The Morgan fingerprint density at radius 2 is 1.78 bits per heavy atom. The summed E-state index contributed by atoms with van der Waals surface area (Å²) in [6.07, 6.45) is 6.23. The second kappa shape index (κ2) is 6.48. The highest BCUT2D eigenvalue weighted by atomic mass is 127. The van der Waals surface area contributed by atoms with E-state index in [0.717, 1.165) is 53.9 Å². The van der Waals surface area contributed by atoms with Gasteiger partial charge < -0.3 is 10.5 Å². The molecular formula is C15H21IN6O. The van der Waals surface area contributed by atoms with Gasteiger partial charge >= 0.3 is 0 Å². The molecule has 8 heteroatoms. The lowest BCUT2D eigenvalue weighted by atomic mass is 9.90. The molecule has 23 heavy (non-hydrogen) atoms. The van der Waals surface area contributed by atoms with E-state index in [2.05, 4.69) is 42.1 Å². The topological polar surface area (TPSA) is 82.1 Å². The van der Waals surface area contributed by atoms with Crippen LogP contribution in [0.15, 0.2) is 6.33 Å². The summed E-state index contributed by atoms with van der Waals surface area (Å²) in [5.74, 6) is 0.521. The summed E-state index contributed by atoms with van der Waals surface area (Å²) in [4.78, 5) is 11.1. The highest BCUT2D eigenvalue weighted by Crippen LogP contribution is 2.34. The third-order valence-electron chi connectivity index (χ3n) is 5.05. The van der Waals surface area contributed by atoms with Gasteiger partial charge in [0.1, 0.15) is 15.8 Å². The van der Waals surface area contributed by atoms with Crippen LogP contribution in [0, 0.1) is 3.70 Å². The fraction of sp³-hybridized carbons (Fsp3) is 0.667. The molecule has 124 valence electrons. The summed E-state index contributed by atoms with van der Waals surface area (Å²) in [6, 6.07) is 1.10. The van der Waals surface area contributed by atoms with Crippen molar-refractivity contribution < 1.29 is 4.74 Å². The Morgan fingerprint density at radius 1 is 1.09 bits per heavy atom. The van der Waals surface area contributed by atoms with E-state index in [1.807, 2.05) is 0 Å². The number of nitrogen functional groups attached to an aromatic ring is 1. The van der Waals surface area contributed by atoms with Crippen molar-refractivity contribution in [3.8, 4) is 0 Å². The Labute approximate surface area is 148 Å². The molecule has 1 saturated carbocycles. The number of nitrogens with two attached hydrogens (primary N) is 1. The van der Waals surface area contributed by atoms with E-state index in [0.29, 0.717) is 17.9 Å². The van der Waals surface area contributed by atoms with Crippen molar-refractivity contribution in [2.45, 2.75) is 37.8 Å². The summed E-state index contributed by atoms with van der Waals surface area (Å²) in [7, 11) is 0. The number of fused-ring (bicyclic) bond motifs is 1. The molecule has 0 aromatic carbocycles. The van der Waals surface area contributed by atoms with Crippen LogP contribution in [0.25, 0.3) is 11.0 Å². The second-order valence-electron chi connectivity index (χ2n) is 6.30. The number of hydrogen-bond donors (Lipinski definition) is 1. The first kappa shape index (κ1) is 15.5. The Morgan fingerprint density at radius 3 is 2.52 bits per heavy atom. The molecule has 2 N–H and O–H groups in total. The highest BCUT2D eigenvalue weighted by Gasteiger charge is 2.29. The number of hydrogen-bond acceptors (Lipinski definition) is 6. The van der Waals surface area contributed by atoms with Crippen molar-refractivity contribution in [3.05, 3.63) is 10.0 Å². The highest BCUT2D eigenvalue weighted by molar-refractivity contribution is 14.1. The minimum atomic E-state index is 0.410. The molecule has 0 spiro atoms. The van der Waals surface area contributed by atoms with Gasteiger partial charge in [-0.25, -0.2) is 14.6 Å². The van der Waals surface area contributed by atoms with Crippen molar-refractivity contribution in [1.29, 1.82) is 0 Å². The van der Waals surface area contributed by atoms with Crippen LogP contribution in [0.3, 0.4) is 0 Å². The first-order valence-corrected chi connectivity index (χ1v) is 9.28. The molecular weight excluding hydrogens is 407 g/mol. The lowest BCUT2D eigenvalue weighted by Crippen LogP contribution is -2.45. The molecule has 1 aliphatic heterocycles. The summed E-state index contributed by atoms with van der Waals surface area (Å²) < 4.78 is 8.43. The van der Waals surface area contributed by atoms with Crippen LogP contribution in [0.2, 0.25) is 0 Å². The first-order chi connectivity index (χ1) is 11.2. The Hall–Kier alpha value is -1.00. The van der Waals surface area contributed by atoms with Gasteiger partial charge in [-0.15, -0.1) is 0 Å². The number of ether oxygens (including phenoxy) is 1. The van der Waals surface area contributed by atoms with Crippen molar-refractivity contribution in [1.82, 2.24) is 24.6 Å². The van der Waals surface area contributed by atoms with E-state index in [1.165, 1.54) is 19.2 Å². The van der Waals surface area contributed by atoms with Crippen molar-refractivity contribution in [2.75, 3.05) is 32.0 Å². The number of anilines is 1. The molecule has 1 saturated heterocycles. The number of nitrogens with zero attached hydrogens (tertiary/aromatic N) is 5. The molecule has 2 aromatic rings. The predicted octanol–water partition coefficient (Wildman–Crippen LogP) is 1.83. The van der Waals surface area contributed by atoms with E-state index in [1.54, 1.807) is 0 Å². The van der Waals surface area contributed by atoms with Gasteiger partial charge in [0.25, 0.3) is 0 Å². The standard InChI is InChI=1S/C15H21IN6O/c16-13-12-14(17)18-9-19-15(12)22(20-13)11-3-1-10(2-4-11)21-5-7-23-8-6-21/h9-11H,1-8H2,(H2,17,18,19)/t10-,11-. The fourth-order valence-electron chi connectivity index (χ4n) is 3.82. The second-order valence-corrected chi connectivity index (χ2v) is 7.33. The Kier molecular flexibility index (Phi) is 4.37. The minimum Gasteiger partial charge on any atom is -0.383 e. The molecule has 4 rings (SSSR count). The average Bonchev–Trinajstić information content (AvgIpc) is 2.94. The smallest absolute Gasteiger partial charge is 0.164 e. The Balaban J connectivity index is 1.51. The average molecular weight is 428 g/mol. The van der Waals surface area contributed by atoms with E-state index >= 15 is 0 Å². The maximum Gasteiger partial charge on any atom is 0.164 e. The SMILES string of the molecule is Nc1ncnc2c1c(I)nn2[C@H]1CC[C@H](N2CCOCC2)CC1. The zero-order valence-electron chi connectivity index (χ0n) is 13.0. The van der Waals surface area contributed by atoms with Gasteiger partial charge in [0.15, 0.2) is 5.65 Å². The van der Waals surface area contributed by atoms with Gasteiger partial charge in [0.05, 0.1) is 24.6 Å². The minimum absolute atomic E-state index is 0.410. The maximum atomic E-state index is 5.99. The first-order valence-electron chi connectivity index (χ1n) is 8.20. The van der Waals surface area contributed by atoms with E-state index < -0.39 is 0 Å². The number of aromatic nitrogens is 4. The number of halogens is 1. The van der Waals surface area contributed by atoms with Gasteiger partial charge in [0.2, 0.25) is 0 Å². The van der Waals surface area contributed by atoms with Gasteiger partial charge in [-0.05, 0) is 48.3 Å². The van der Waals surface area contributed by atoms with Crippen molar-refractivity contribution in [3.63, 3.8) is 0 Å². The van der Waals surface area contributed by atoms with Crippen LogP contribution >= 0.6 is 22.6 Å². The summed E-state index contributed by atoms with van der Waals surface area (Å²) in [5.41, 5.74) is 6.86. The molecule has 2 aromatic heterocycles. The van der Waals surface area contributed by atoms with Crippen LogP contribution in [0.1, 0.15) is 31.7 Å². The molecule has 2 fully saturated rings. The van der Waals surface area contributed by atoms with Crippen LogP contribution in [-0.2, 0) is 4.74 Å². The molecule has 3 heterocycles. The van der Waals surface area contributed by atoms with E-state index in [-0.39, 0.29) is 0 Å². The molecule has 0 unspecified atom stereocenters. The molecule has 7 nitrogen and oxygen atoms in total. The fourth-order valence-corrected chi connectivity index (χ4v) is 4.57. The molecule has 0 bridgehead atoms. The van der Waals surface area contributed by atoms with Crippen LogP contribution < -0.4 is 5.73 Å². The van der Waals surface area contributed by atoms with Gasteiger partial charge in [-0.2, -0.15) is 5.10 Å². The van der Waals surface area contributed by atoms with Crippen molar-refractivity contribution in [2.24, 2.45) is 0 Å². The quantitative estimate of drug-likeness (QED) is 0.736. The lowest BCUT2D eigenvalue weighted by Gasteiger charge is -2.38. The Bertz CT molecular complexity index is 691.